The summed E-state index contributed by atoms with van der Waals surface area (Å²) in [4.78, 5) is 12.8. The average Bonchev–Trinajstić information content (AvgIpc) is 2.88. The molecule has 3 nitrogen and oxygen atoms in total. The van der Waals surface area contributed by atoms with Crippen molar-refractivity contribution in [2.45, 2.75) is 44.1 Å². The van der Waals surface area contributed by atoms with Crippen LogP contribution in [-0.2, 0) is 14.9 Å². The van der Waals surface area contributed by atoms with E-state index in [-0.39, 0.29) is 24.5 Å². The molecule has 22 heavy (non-hydrogen) atoms. The van der Waals surface area contributed by atoms with Crippen LogP contribution in [0.5, 0.6) is 0 Å². The molecule has 0 bridgehead atoms. The number of hydrogen-bond donors (Lipinski definition) is 0. The molecule has 0 radical (unpaired) electrons. The zero-order valence-electron chi connectivity index (χ0n) is 14.1. The predicted octanol–water partition coefficient (Wildman–Crippen LogP) is 0.140. The van der Waals surface area contributed by atoms with Gasteiger partial charge in [0.2, 0.25) is 0 Å². The monoisotopic (exact) mass is 325 g/mol. The SMILES string of the molecule is CC(C[N+](C)(C)C)OC(=O)C1(c2ccccc2)CCCC1.[Cl-]. The Kier molecular flexibility index (Phi) is 6.45. The maximum absolute atomic E-state index is 12.8. The van der Waals surface area contributed by atoms with Crippen LogP contribution in [-0.4, -0.2) is 44.2 Å². The standard InChI is InChI=1S/C18H28NO2.ClH/c1-15(14-19(2,3)4)21-17(20)18(12-8-9-13-18)16-10-6-5-7-11-16;/h5-7,10-11,15H,8-9,12-14H2,1-4H3;1H/q+1;/p-1. The van der Waals surface area contributed by atoms with E-state index in [1.807, 2.05) is 25.1 Å². The van der Waals surface area contributed by atoms with Gasteiger partial charge in [-0.1, -0.05) is 43.2 Å². The molecule has 1 aromatic carbocycles. The third-order valence-corrected chi connectivity index (χ3v) is 4.29. The molecule has 4 heteroatoms. The Morgan fingerprint density at radius 1 is 1.18 bits per heavy atom. The van der Waals surface area contributed by atoms with Crippen LogP contribution in [0.15, 0.2) is 30.3 Å². The van der Waals surface area contributed by atoms with Gasteiger partial charge in [-0.3, -0.25) is 4.79 Å². The fourth-order valence-electron chi connectivity index (χ4n) is 3.45. The van der Waals surface area contributed by atoms with Gasteiger partial charge >= 0.3 is 5.97 Å². The Labute approximate surface area is 140 Å². The van der Waals surface area contributed by atoms with Gasteiger partial charge in [0.15, 0.2) is 0 Å². The molecule has 1 unspecified atom stereocenters. The Hall–Kier alpha value is -1.06. The normalized spacial score (nSPS) is 18.4. The van der Waals surface area contributed by atoms with Crippen LogP contribution in [0.2, 0.25) is 0 Å². The zero-order valence-corrected chi connectivity index (χ0v) is 14.9. The molecular weight excluding hydrogens is 298 g/mol. The molecule has 1 atom stereocenters. The van der Waals surface area contributed by atoms with Crippen LogP contribution < -0.4 is 12.4 Å². The summed E-state index contributed by atoms with van der Waals surface area (Å²) in [7, 11) is 6.35. The molecule has 1 saturated carbocycles. The number of carbonyl (C=O) groups excluding carboxylic acids is 1. The Morgan fingerprint density at radius 3 is 2.23 bits per heavy atom. The number of halogens is 1. The molecular formula is C18H28ClNO2. The molecule has 124 valence electrons. The maximum atomic E-state index is 12.8. The molecule has 0 N–H and O–H groups in total. The van der Waals surface area contributed by atoms with E-state index in [2.05, 4.69) is 33.3 Å². The van der Waals surface area contributed by atoms with E-state index in [0.29, 0.717) is 0 Å². The topological polar surface area (TPSA) is 26.3 Å². The van der Waals surface area contributed by atoms with E-state index in [9.17, 15) is 4.79 Å². The van der Waals surface area contributed by atoms with Crippen LogP contribution >= 0.6 is 0 Å². The second kappa shape index (κ2) is 7.47. The van der Waals surface area contributed by atoms with Crippen LogP contribution in [0.4, 0.5) is 0 Å². The fourth-order valence-corrected chi connectivity index (χ4v) is 3.45. The second-order valence-corrected chi connectivity index (χ2v) is 7.34. The van der Waals surface area contributed by atoms with Gasteiger partial charge in [0.1, 0.15) is 12.6 Å². The summed E-state index contributed by atoms with van der Waals surface area (Å²) in [6.07, 6.45) is 3.97. The molecule has 0 saturated heterocycles. The first-order chi connectivity index (χ1) is 9.83. The number of ether oxygens (including phenoxy) is 1. The average molecular weight is 326 g/mol. The van der Waals surface area contributed by atoms with E-state index < -0.39 is 5.41 Å². The molecule has 1 aliphatic carbocycles. The minimum absolute atomic E-state index is 0. The number of likely N-dealkylation sites (N-methyl/N-ethyl adjacent to an activating group) is 1. The number of hydrogen-bond acceptors (Lipinski definition) is 2. The molecule has 1 aliphatic rings. The molecule has 0 heterocycles. The van der Waals surface area contributed by atoms with E-state index in [1.165, 1.54) is 0 Å². The van der Waals surface area contributed by atoms with Crippen molar-refractivity contribution >= 4 is 5.97 Å². The first-order valence-corrected chi connectivity index (χ1v) is 7.91. The largest absolute Gasteiger partial charge is 1.00 e. The predicted molar refractivity (Wildman–Crippen MR) is 85.0 cm³/mol. The van der Waals surface area contributed by atoms with E-state index >= 15 is 0 Å². The van der Waals surface area contributed by atoms with Crippen molar-refractivity contribution in [2.24, 2.45) is 0 Å². The van der Waals surface area contributed by atoms with E-state index in [0.717, 1.165) is 42.3 Å². The minimum Gasteiger partial charge on any atom is -1.00 e. The van der Waals surface area contributed by atoms with Gasteiger partial charge in [0, 0.05) is 0 Å². The van der Waals surface area contributed by atoms with Gasteiger partial charge in [0.25, 0.3) is 0 Å². The van der Waals surface area contributed by atoms with Gasteiger partial charge in [-0.15, -0.1) is 0 Å². The molecule has 1 fully saturated rings. The fraction of sp³-hybridized carbons (Fsp3) is 0.611. The molecule has 1 aromatic rings. The summed E-state index contributed by atoms with van der Waals surface area (Å²) in [5.41, 5.74) is 0.699. The van der Waals surface area contributed by atoms with E-state index in [1.54, 1.807) is 0 Å². The highest BCUT2D eigenvalue weighted by Gasteiger charge is 2.44. The van der Waals surface area contributed by atoms with Crippen molar-refractivity contribution in [3.8, 4) is 0 Å². The van der Waals surface area contributed by atoms with Crippen molar-refractivity contribution < 1.29 is 26.4 Å². The first-order valence-electron chi connectivity index (χ1n) is 7.91. The lowest BCUT2D eigenvalue weighted by atomic mass is 9.79. The third kappa shape index (κ3) is 4.47. The van der Waals surface area contributed by atoms with Crippen LogP contribution in [0.1, 0.15) is 38.2 Å². The Bertz CT molecular complexity index is 476. The van der Waals surface area contributed by atoms with Gasteiger partial charge in [-0.05, 0) is 25.3 Å². The molecule has 2 rings (SSSR count). The highest BCUT2D eigenvalue weighted by Crippen LogP contribution is 2.42. The van der Waals surface area contributed by atoms with Gasteiger partial charge in [-0.25, -0.2) is 0 Å². The summed E-state index contributed by atoms with van der Waals surface area (Å²) < 4.78 is 6.61. The second-order valence-electron chi connectivity index (χ2n) is 7.34. The number of benzene rings is 1. The zero-order chi connectivity index (χ0) is 15.5. The summed E-state index contributed by atoms with van der Waals surface area (Å²) >= 11 is 0. The van der Waals surface area contributed by atoms with Gasteiger partial charge in [0.05, 0.1) is 26.6 Å². The number of nitrogens with zero attached hydrogens (tertiary/aromatic N) is 1. The van der Waals surface area contributed by atoms with Crippen molar-refractivity contribution in [2.75, 3.05) is 27.7 Å². The minimum atomic E-state index is -0.416. The van der Waals surface area contributed by atoms with Crippen molar-refractivity contribution in [1.82, 2.24) is 0 Å². The summed E-state index contributed by atoms with van der Waals surface area (Å²) in [6, 6.07) is 10.2. The molecule has 0 amide bonds. The lowest BCUT2D eigenvalue weighted by Gasteiger charge is -2.31. The lowest BCUT2D eigenvalue weighted by molar-refractivity contribution is -0.873. The van der Waals surface area contributed by atoms with E-state index in [4.69, 9.17) is 4.74 Å². The lowest BCUT2D eigenvalue weighted by Crippen LogP contribution is -3.00. The highest BCUT2D eigenvalue weighted by atomic mass is 35.5. The highest BCUT2D eigenvalue weighted by molar-refractivity contribution is 5.83. The number of carbonyl (C=O) groups is 1. The summed E-state index contributed by atoms with van der Waals surface area (Å²) in [6.45, 7) is 2.83. The number of esters is 1. The van der Waals surface area contributed by atoms with Crippen molar-refractivity contribution in [1.29, 1.82) is 0 Å². The molecule has 0 aromatic heterocycles. The molecule has 0 spiro atoms. The summed E-state index contributed by atoms with van der Waals surface area (Å²) in [5.74, 6) is -0.0350. The number of quaternary nitrogens is 1. The Morgan fingerprint density at radius 2 is 1.73 bits per heavy atom. The van der Waals surface area contributed by atoms with Crippen LogP contribution in [0.3, 0.4) is 0 Å². The third-order valence-electron chi connectivity index (χ3n) is 4.29. The number of rotatable bonds is 5. The van der Waals surface area contributed by atoms with Gasteiger partial charge in [-0.2, -0.15) is 0 Å². The molecule has 0 aliphatic heterocycles. The van der Waals surface area contributed by atoms with Crippen molar-refractivity contribution in [3.05, 3.63) is 35.9 Å². The quantitative estimate of drug-likeness (QED) is 0.569. The van der Waals surface area contributed by atoms with Crippen LogP contribution in [0.25, 0.3) is 0 Å². The van der Waals surface area contributed by atoms with Gasteiger partial charge < -0.3 is 21.6 Å². The maximum Gasteiger partial charge on any atom is 0.317 e. The van der Waals surface area contributed by atoms with Crippen LogP contribution in [0, 0.1) is 0 Å². The smallest absolute Gasteiger partial charge is 0.317 e. The Balaban J connectivity index is 0.00000242. The first kappa shape index (κ1) is 19.0. The van der Waals surface area contributed by atoms with Crippen molar-refractivity contribution in [3.63, 3.8) is 0 Å². The summed E-state index contributed by atoms with van der Waals surface area (Å²) in [5, 5.41) is 0.